The van der Waals surface area contributed by atoms with E-state index in [-0.39, 0.29) is 5.91 Å². The Labute approximate surface area is 184 Å². The van der Waals surface area contributed by atoms with Crippen LogP contribution >= 0.6 is 11.8 Å². The second-order valence-corrected chi connectivity index (χ2v) is 7.44. The van der Waals surface area contributed by atoms with Crippen LogP contribution in [0, 0.1) is 0 Å². The zero-order valence-corrected chi connectivity index (χ0v) is 18.5. The maximum Gasteiger partial charge on any atom is 0.247 e. The van der Waals surface area contributed by atoms with E-state index in [1.807, 2.05) is 43.5 Å². The van der Waals surface area contributed by atoms with Crippen molar-refractivity contribution in [1.29, 1.82) is 0 Å². The van der Waals surface area contributed by atoms with Crippen LogP contribution in [0.25, 0.3) is 11.3 Å². The monoisotopic (exact) mass is 438 g/mol. The number of rotatable bonds is 5. The molecule has 0 spiro atoms. The van der Waals surface area contributed by atoms with Gasteiger partial charge in [0.15, 0.2) is 17.2 Å². The molecule has 0 saturated carbocycles. The van der Waals surface area contributed by atoms with E-state index in [0.717, 1.165) is 5.56 Å². The molecule has 1 atom stereocenters. The van der Waals surface area contributed by atoms with E-state index in [0.29, 0.717) is 45.9 Å². The number of fused-ring (bicyclic) bond motifs is 3. The van der Waals surface area contributed by atoms with Crippen molar-refractivity contribution in [3.8, 4) is 28.6 Å². The molecule has 0 unspecified atom stereocenters. The number of carbonyl (C=O) groups is 1. The second-order valence-electron chi connectivity index (χ2n) is 6.67. The number of nitrogens with zero attached hydrogens (tertiary/aromatic N) is 4. The first kappa shape index (κ1) is 20.9. The highest BCUT2D eigenvalue weighted by molar-refractivity contribution is 7.98. The third kappa shape index (κ3) is 3.76. The molecule has 1 aliphatic rings. The average Bonchev–Trinajstić information content (AvgIpc) is 2.97. The van der Waals surface area contributed by atoms with Gasteiger partial charge in [0.1, 0.15) is 0 Å². The van der Waals surface area contributed by atoms with Crippen LogP contribution in [0.1, 0.15) is 25.1 Å². The Morgan fingerprint density at radius 1 is 1.13 bits per heavy atom. The highest BCUT2D eigenvalue weighted by Gasteiger charge is 2.35. The molecule has 0 aliphatic carbocycles. The predicted octanol–water partition coefficient (Wildman–Crippen LogP) is 4.11. The number of hydrogen-bond donors (Lipinski definition) is 0. The van der Waals surface area contributed by atoms with Crippen molar-refractivity contribution in [2.45, 2.75) is 24.7 Å². The first-order chi connectivity index (χ1) is 15.1. The van der Waals surface area contributed by atoms with E-state index in [1.54, 1.807) is 31.3 Å². The summed E-state index contributed by atoms with van der Waals surface area (Å²) in [6, 6.07) is 13.0. The lowest BCUT2D eigenvalue weighted by Gasteiger charge is -2.31. The van der Waals surface area contributed by atoms with Gasteiger partial charge in [-0.1, -0.05) is 36.9 Å². The topological polar surface area (TPSA) is 86.7 Å². The van der Waals surface area contributed by atoms with Gasteiger partial charge in [0.2, 0.25) is 23.2 Å². The van der Waals surface area contributed by atoms with E-state index >= 15 is 0 Å². The Bertz CT molecular complexity index is 1120. The van der Waals surface area contributed by atoms with Crippen molar-refractivity contribution in [2.75, 3.05) is 25.4 Å². The Balaban J connectivity index is 1.96. The molecule has 9 heteroatoms. The number of methoxy groups -OCH3 is 2. The smallest absolute Gasteiger partial charge is 0.247 e. The van der Waals surface area contributed by atoms with E-state index in [9.17, 15) is 4.79 Å². The fourth-order valence-corrected chi connectivity index (χ4v) is 3.76. The highest BCUT2D eigenvalue weighted by Crippen LogP contribution is 2.44. The summed E-state index contributed by atoms with van der Waals surface area (Å²) < 4.78 is 17.2. The zero-order valence-electron chi connectivity index (χ0n) is 17.7. The summed E-state index contributed by atoms with van der Waals surface area (Å²) in [7, 11) is 3.14. The summed E-state index contributed by atoms with van der Waals surface area (Å²) in [6.07, 6.45) is 1.39. The van der Waals surface area contributed by atoms with Gasteiger partial charge in [-0.2, -0.15) is 4.98 Å². The number of thioether (sulfide) groups is 1. The van der Waals surface area contributed by atoms with Crippen LogP contribution in [0.4, 0.5) is 5.69 Å². The summed E-state index contributed by atoms with van der Waals surface area (Å²) in [4.78, 5) is 19.3. The second kappa shape index (κ2) is 8.81. The molecule has 1 amide bonds. The fraction of sp³-hybridized carbons (Fsp3) is 0.273. The van der Waals surface area contributed by atoms with Crippen molar-refractivity contribution in [1.82, 2.24) is 15.2 Å². The summed E-state index contributed by atoms with van der Waals surface area (Å²) in [5.41, 5.74) is 2.62. The molecule has 8 nitrogen and oxygen atoms in total. The van der Waals surface area contributed by atoms with Gasteiger partial charge in [0.05, 0.1) is 19.9 Å². The molecular formula is C22H22N4O4S. The van der Waals surface area contributed by atoms with Gasteiger partial charge in [0, 0.05) is 17.5 Å². The molecule has 3 aromatic rings. The molecule has 0 radical (unpaired) electrons. The average molecular weight is 439 g/mol. The first-order valence-corrected chi connectivity index (χ1v) is 10.9. The molecule has 1 aliphatic heterocycles. The van der Waals surface area contributed by atoms with Gasteiger partial charge in [0.25, 0.3) is 0 Å². The maximum absolute atomic E-state index is 13.1. The summed E-state index contributed by atoms with van der Waals surface area (Å²) >= 11 is 1.37. The zero-order chi connectivity index (χ0) is 22.0. The molecule has 4 rings (SSSR count). The number of ether oxygens (including phenoxy) is 3. The number of aromatic nitrogens is 3. The molecule has 0 fully saturated rings. The molecule has 160 valence electrons. The Hall–Kier alpha value is -3.33. The molecule has 0 bridgehead atoms. The molecule has 2 aromatic carbocycles. The van der Waals surface area contributed by atoms with E-state index in [4.69, 9.17) is 14.2 Å². The standard InChI is InChI=1S/C22H22N4O4S/c1-5-18(27)26-15-9-7-6-8-14(15)19-20(23-22(31-4)25-24-19)30-21(26)13-10-11-16(28-2)17(12-13)29-3/h6-12,21H,5H2,1-4H3/t21-/m1/s1. The van der Waals surface area contributed by atoms with Crippen LogP contribution in [0.5, 0.6) is 17.4 Å². The van der Waals surface area contributed by atoms with Crippen molar-refractivity contribution >= 4 is 23.4 Å². The lowest BCUT2D eigenvalue weighted by molar-refractivity contribution is -0.120. The van der Waals surface area contributed by atoms with Gasteiger partial charge in [-0.05, 0) is 30.5 Å². The van der Waals surface area contributed by atoms with Crippen molar-refractivity contribution < 1.29 is 19.0 Å². The molecule has 2 heterocycles. The van der Waals surface area contributed by atoms with E-state index in [2.05, 4.69) is 15.2 Å². The van der Waals surface area contributed by atoms with Crippen LogP contribution in [0.2, 0.25) is 0 Å². The number of para-hydroxylation sites is 1. The van der Waals surface area contributed by atoms with Crippen LogP contribution in [0.15, 0.2) is 47.6 Å². The van der Waals surface area contributed by atoms with Gasteiger partial charge in [-0.25, -0.2) is 0 Å². The largest absolute Gasteiger partial charge is 0.493 e. The molecular weight excluding hydrogens is 416 g/mol. The minimum atomic E-state index is -0.777. The highest BCUT2D eigenvalue weighted by atomic mass is 32.2. The number of anilines is 1. The van der Waals surface area contributed by atoms with Gasteiger partial charge in [-0.15, -0.1) is 10.2 Å². The van der Waals surface area contributed by atoms with Crippen LogP contribution in [0.3, 0.4) is 0 Å². The maximum atomic E-state index is 13.1. The lowest BCUT2D eigenvalue weighted by Crippen LogP contribution is -2.37. The molecule has 0 N–H and O–H groups in total. The normalized spacial score (nSPS) is 14.7. The van der Waals surface area contributed by atoms with Gasteiger partial charge < -0.3 is 14.2 Å². The lowest BCUT2D eigenvalue weighted by atomic mass is 10.1. The SMILES string of the molecule is CCC(=O)N1c2ccccc2-c2nnc(SC)nc2O[C@@H]1c1ccc(OC)c(OC)c1. The quantitative estimate of drug-likeness (QED) is 0.550. The van der Waals surface area contributed by atoms with Crippen LogP contribution in [-0.2, 0) is 4.79 Å². The van der Waals surface area contributed by atoms with E-state index in [1.165, 1.54) is 11.8 Å². The Morgan fingerprint density at radius 3 is 2.61 bits per heavy atom. The van der Waals surface area contributed by atoms with Crippen molar-refractivity contribution in [2.24, 2.45) is 0 Å². The van der Waals surface area contributed by atoms with E-state index < -0.39 is 6.23 Å². The third-order valence-corrected chi connectivity index (χ3v) is 5.50. The summed E-state index contributed by atoms with van der Waals surface area (Å²) in [5.74, 6) is 1.34. The van der Waals surface area contributed by atoms with Gasteiger partial charge in [-0.3, -0.25) is 9.69 Å². The summed E-state index contributed by atoms with van der Waals surface area (Å²) in [5, 5.41) is 9.01. The summed E-state index contributed by atoms with van der Waals surface area (Å²) in [6.45, 7) is 1.82. The number of carbonyl (C=O) groups excluding carboxylic acids is 1. The fourth-order valence-electron chi connectivity index (χ4n) is 3.46. The Kier molecular flexibility index (Phi) is 5.94. The van der Waals surface area contributed by atoms with Crippen molar-refractivity contribution in [3.05, 3.63) is 48.0 Å². The van der Waals surface area contributed by atoms with Crippen LogP contribution in [-0.4, -0.2) is 41.6 Å². The van der Waals surface area contributed by atoms with Gasteiger partial charge >= 0.3 is 0 Å². The molecule has 0 saturated heterocycles. The number of hydrogen-bond acceptors (Lipinski definition) is 8. The number of benzene rings is 2. The molecule has 1 aromatic heterocycles. The predicted molar refractivity (Wildman–Crippen MR) is 118 cm³/mol. The Morgan fingerprint density at radius 2 is 1.90 bits per heavy atom. The number of amides is 1. The third-order valence-electron chi connectivity index (χ3n) is 4.96. The minimum absolute atomic E-state index is 0.0990. The van der Waals surface area contributed by atoms with Crippen LogP contribution < -0.4 is 19.1 Å². The minimum Gasteiger partial charge on any atom is -0.493 e. The molecule has 31 heavy (non-hydrogen) atoms. The first-order valence-electron chi connectivity index (χ1n) is 9.70. The van der Waals surface area contributed by atoms with Crippen molar-refractivity contribution in [3.63, 3.8) is 0 Å².